The second kappa shape index (κ2) is 23.7. The molecule has 0 fully saturated rings. The van der Waals surface area contributed by atoms with Crippen molar-refractivity contribution in [1.29, 1.82) is 0 Å². The second-order valence-electron chi connectivity index (χ2n) is 1.22. The summed E-state index contributed by atoms with van der Waals surface area (Å²) < 4.78 is 0. The minimum Gasteiger partial charge on any atom is -0.344 e. The summed E-state index contributed by atoms with van der Waals surface area (Å²) in [5.41, 5.74) is 0. The van der Waals surface area contributed by atoms with Gasteiger partial charge >= 0.3 is 0 Å². The summed E-state index contributed by atoms with van der Waals surface area (Å²) in [5, 5.41) is 0. The van der Waals surface area contributed by atoms with Crippen LogP contribution in [0.5, 0.6) is 0 Å². The van der Waals surface area contributed by atoms with Crippen LogP contribution in [0, 0.1) is 0 Å². The second-order valence-corrected chi connectivity index (χ2v) is 1.22. The predicted molar refractivity (Wildman–Crippen MR) is 44.6 cm³/mol. The van der Waals surface area contributed by atoms with Gasteiger partial charge in [-0.25, -0.2) is 5.90 Å². The summed E-state index contributed by atoms with van der Waals surface area (Å²) in [7, 11) is 0. The maximum Gasteiger partial charge on any atom is 0.0679 e. The fraction of sp³-hybridized carbons (Fsp3) is 1.00. The van der Waals surface area contributed by atoms with Crippen molar-refractivity contribution in [2.45, 2.75) is 19.8 Å². The van der Waals surface area contributed by atoms with Crippen molar-refractivity contribution >= 4 is 24.8 Å². The molecule has 0 saturated heterocycles. The number of hydrogen-bond acceptors (Lipinski definition) is 3. The molecule has 0 saturated carbocycles. The van der Waals surface area contributed by atoms with Crippen molar-refractivity contribution in [3.8, 4) is 0 Å². The summed E-state index contributed by atoms with van der Waals surface area (Å²) in [4.78, 5) is 4.28. The Morgan fingerprint density at radius 1 is 1.33 bits per heavy atom. The molecule has 0 aliphatic heterocycles. The Kier molecular flexibility index (Phi) is 59.7. The molecule has 0 heterocycles. The van der Waals surface area contributed by atoms with Crippen LogP contribution in [0.3, 0.4) is 0 Å². The SMILES string of the molecule is CCCCON.Cl.Cl.N. The lowest BCUT2D eigenvalue weighted by Crippen LogP contribution is -1.99. The molecule has 0 unspecified atom stereocenters. The standard InChI is InChI=1S/C4H11NO.2ClH.H3N/c1-2-3-4-6-5;;;/h2-5H2,1H3;2*1H;1H3. The van der Waals surface area contributed by atoms with Crippen LogP contribution in [0.25, 0.3) is 0 Å². The van der Waals surface area contributed by atoms with E-state index in [4.69, 9.17) is 5.90 Å². The molecule has 0 aliphatic carbocycles. The van der Waals surface area contributed by atoms with Crippen LogP contribution >= 0.6 is 24.8 Å². The van der Waals surface area contributed by atoms with Crippen molar-refractivity contribution in [3.63, 3.8) is 0 Å². The van der Waals surface area contributed by atoms with Gasteiger partial charge in [-0.3, -0.25) is 0 Å². The zero-order chi connectivity index (χ0) is 4.83. The lowest BCUT2D eigenvalue weighted by Gasteiger charge is -1.88. The summed E-state index contributed by atoms with van der Waals surface area (Å²) in [6.45, 7) is 2.79. The maximum absolute atomic E-state index is 4.71. The highest BCUT2D eigenvalue weighted by atomic mass is 35.5. The highest BCUT2D eigenvalue weighted by Crippen LogP contribution is 1.82. The first-order valence-corrected chi connectivity index (χ1v) is 2.23. The van der Waals surface area contributed by atoms with Crippen LogP contribution in [0.2, 0.25) is 0 Å². The van der Waals surface area contributed by atoms with Crippen molar-refractivity contribution in [2.75, 3.05) is 6.61 Å². The Hall–Kier alpha value is 0.460. The third-order valence-electron chi connectivity index (χ3n) is 0.616. The molecule has 0 aromatic heterocycles. The Labute approximate surface area is 68.7 Å². The zero-order valence-electron chi connectivity index (χ0n) is 5.63. The van der Waals surface area contributed by atoms with Gasteiger partial charge in [0.2, 0.25) is 0 Å². The number of unbranched alkanes of at least 4 members (excludes halogenated alkanes) is 1. The van der Waals surface area contributed by atoms with Gasteiger partial charge in [-0.15, -0.1) is 24.8 Å². The molecule has 5 heteroatoms. The van der Waals surface area contributed by atoms with Gasteiger partial charge in [0.25, 0.3) is 0 Å². The highest BCUT2D eigenvalue weighted by molar-refractivity contribution is 5.85. The monoisotopic (exact) mass is 178 g/mol. The number of hydrogen-bond donors (Lipinski definition) is 2. The Morgan fingerprint density at radius 2 is 1.78 bits per heavy atom. The van der Waals surface area contributed by atoms with E-state index in [0.29, 0.717) is 6.61 Å². The Balaban J connectivity index is -0.0000000417. The first kappa shape index (κ1) is 22.7. The molecule has 0 aromatic carbocycles. The number of nitrogens with two attached hydrogens (primary N) is 1. The first-order valence-electron chi connectivity index (χ1n) is 2.23. The van der Waals surface area contributed by atoms with E-state index < -0.39 is 0 Å². The summed E-state index contributed by atoms with van der Waals surface area (Å²) >= 11 is 0. The molecule has 9 heavy (non-hydrogen) atoms. The van der Waals surface area contributed by atoms with Gasteiger partial charge in [0.1, 0.15) is 0 Å². The van der Waals surface area contributed by atoms with Crippen molar-refractivity contribution < 1.29 is 4.84 Å². The van der Waals surface area contributed by atoms with E-state index in [0.717, 1.165) is 12.8 Å². The van der Waals surface area contributed by atoms with E-state index >= 15 is 0 Å². The smallest absolute Gasteiger partial charge is 0.0679 e. The van der Waals surface area contributed by atoms with Gasteiger partial charge in [0, 0.05) is 0 Å². The van der Waals surface area contributed by atoms with Gasteiger partial charge in [-0.2, -0.15) is 0 Å². The van der Waals surface area contributed by atoms with Crippen molar-refractivity contribution in [1.82, 2.24) is 6.15 Å². The van der Waals surface area contributed by atoms with E-state index in [2.05, 4.69) is 11.8 Å². The van der Waals surface area contributed by atoms with E-state index in [9.17, 15) is 0 Å². The van der Waals surface area contributed by atoms with Crippen LogP contribution in [0.15, 0.2) is 0 Å². The van der Waals surface area contributed by atoms with Crippen LogP contribution in [-0.4, -0.2) is 6.61 Å². The quantitative estimate of drug-likeness (QED) is 0.511. The van der Waals surface area contributed by atoms with Crippen LogP contribution < -0.4 is 12.0 Å². The minimum atomic E-state index is 0. The maximum atomic E-state index is 4.71. The Morgan fingerprint density at radius 3 is 1.89 bits per heavy atom. The average Bonchev–Trinajstić information content (AvgIpc) is 1.61. The van der Waals surface area contributed by atoms with Crippen LogP contribution in [0.1, 0.15) is 19.8 Å². The molecule has 0 atom stereocenters. The Bertz CT molecular complexity index is 28.5. The molecular weight excluding hydrogens is 163 g/mol. The molecule has 0 bridgehead atoms. The average molecular weight is 179 g/mol. The van der Waals surface area contributed by atoms with Crippen molar-refractivity contribution in [3.05, 3.63) is 0 Å². The summed E-state index contributed by atoms with van der Waals surface area (Å²) in [6.07, 6.45) is 2.22. The lowest BCUT2D eigenvalue weighted by molar-refractivity contribution is 0.135. The molecule has 0 radical (unpaired) electrons. The molecule has 62 valence electrons. The fourth-order valence-electron chi connectivity index (χ4n) is 0.228. The summed E-state index contributed by atoms with van der Waals surface area (Å²) in [5.74, 6) is 4.71. The third-order valence-corrected chi connectivity index (χ3v) is 0.616. The van der Waals surface area contributed by atoms with Gasteiger partial charge < -0.3 is 11.0 Å². The summed E-state index contributed by atoms with van der Waals surface area (Å²) in [6, 6.07) is 0. The lowest BCUT2D eigenvalue weighted by atomic mass is 10.4. The molecular formula is C4H16Cl2N2O. The van der Waals surface area contributed by atoms with Crippen LogP contribution in [0.4, 0.5) is 0 Å². The van der Waals surface area contributed by atoms with Gasteiger partial charge in [0.15, 0.2) is 0 Å². The molecule has 3 nitrogen and oxygen atoms in total. The van der Waals surface area contributed by atoms with Gasteiger partial charge in [-0.05, 0) is 6.42 Å². The first-order chi connectivity index (χ1) is 2.91. The third kappa shape index (κ3) is 29.5. The van der Waals surface area contributed by atoms with E-state index in [1.807, 2.05) is 0 Å². The highest BCUT2D eigenvalue weighted by Gasteiger charge is 1.75. The number of rotatable bonds is 3. The van der Waals surface area contributed by atoms with E-state index in [-0.39, 0.29) is 31.0 Å². The van der Waals surface area contributed by atoms with Gasteiger partial charge in [-0.1, -0.05) is 13.3 Å². The largest absolute Gasteiger partial charge is 0.344 e. The van der Waals surface area contributed by atoms with Crippen molar-refractivity contribution in [2.24, 2.45) is 5.90 Å². The molecule has 0 amide bonds. The molecule has 5 N–H and O–H groups in total. The topological polar surface area (TPSA) is 70.2 Å². The van der Waals surface area contributed by atoms with E-state index in [1.165, 1.54) is 0 Å². The number of halogens is 2. The van der Waals surface area contributed by atoms with Gasteiger partial charge in [0.05, 0.1) is 6.61 Å². The van der Waals surface area contributed by atoms with Crippen LogP contribution in [-0.2, 0) is 4.84 Å². The molecule has 0 aliphatic rings. The zero-order valence-corrected chi connectivity index (χ0v) is 7.26. The minimum absolute atomic E-state index is 0. The fourth-order valence-corrected chi connectivity index (χ4v) is 0.228. The normalized spacial score (nSPS) is 6.00. The van der Waals surface area contributed by atoms with E-state index in [1.54, 1.807) is 0 Å². The molecule has 0 rings (SSSR count). The predicted octanol–water partition coefficient (Wildman–Crippen LogP) is 1.68. The molecule has 0 aromatic rings. The molecule has 0 spiro atoms.